The molecule has 2 saturated heterocycles. The number of aromatic amines is 1. The van der Waals surface area contributed by atoms with E-state index in [0.717, 1.165) is 24.8 Å². The summed E-state index contributed by atoms with van der Waals surface area (Å²) in [4.78, 5) is 67.7. The lowest BCUT2D eigenvalue weighted by Crippen LogP contribution is -2.51. The molecule has 0 spiro atoms. The fourth-order valence-electron chi connectivity index (χ4n) is 5.73. The molecule has 0 aliphatic carbocycles. The molecule has 0 radical (unpaired) electrons. The Morgan fingerprint density at radius 3 is 2.53 bits per heavy atom. The quantitative estimate of drug-likeness (QED) is 0.278. The third-order valence-corrected chi connectivity index (χ3v) is 7.92. The largest absolute Gasteiger partial charge is 0.508 e. The van der Waals surface area contributed by atoms with Crippen LogP contribution in [-0.4, -0.2) is 94.3 Å². The number of nitrogens with one attached hydrogen (secondary N) is 1. The average Bonchev–Trinajstić information content (AvgIpc) is 3.39. The molecule has 1 aromatic heterocycles. The Hall–Kier alpha value is -4.17. The van der Waals surface area contributed by atoms with Gasteiger partial charge >= 0.3 is 23.9 Å². The molecule has 14 heteroatoms. The first kappa shape index (κ1) is 35.7. The van der Waals surface area contributed by atoms with E-state index in [-0.39, 0.29) is 31.8 Å². The highest BCUT2D eigenvalue weighted by Crippen LogP contribution is 2.30. The van der Waals surface area contributed by atoms with E-state index in [9.17, 15) is 24.0 Å². The van der Waals surface area contributed by atoms with Gasteiger partial charge in [-0.15, -0.1) is 0 Å². The number of H-pyrrole nitrogens is 1. The van der Waals surface area contributed by atoms with Crippen LogP contribution in [0.2, 0.25) is 0 Å². The highest BCUT2D eigenvalue weighted by molar-refractivity contribution is 5.68. The second-order valence-corrected chi connectivity index (χ2v) is 12.9. The highest BCUT2D eigenvalue weighted by atomic mass is 16.7. The number of hydrogen-bond acceptors (Lipinski definition) is 11. The molecule has 4 unspecified atom stereocenters. The number of likely N-dealkylation sites (tertiary alicyclic amines) is 1. The van der Waals surface area contributed by atoms with Gasteiger partial charge in [0, 0.05) is 57.3 Å². The maximum Gasteiger partial charge on any atom is 0.508 e. The van der Waals surface area contributed by atoms with Gasteiger partial charge in [0.2, 0.25) is 0 Å². The van der Waals surface area contributed by atoms with E-state index < -0.39 is 47.4 Å². The molecule has 2 aromatic rings. The van der Waals surface area contributed by atoms with Gasteiger partial charge in [-0.2, -0.15) is 0 Å². The third kappa shape index (κ3) is 10.7. The van der Waals surface area contributed by atoms with Crippen molar-refractivity contribution in [1.29, 1.82) is 0 Å². The molecule has 0 saturated carbocycles. The van der Waals surface area contributed by atoms with Gasteiger partial charge in [-0.25, -0.2) is 14.4 Å². The van der Waals surface area contributed by atoms with Gasteiger partial charge in [0.05, 0.1) is 0 Å². The molecule has 1 N–H and O–H groups in total. The Balaban J connectivity index is 1.34. The molecule has 4 rings (SSSR count). The maximum atomic E-state index is 13.0. The maximum absolute atomic E-state index is 13.0. The van der Waals surface area contributed by atoms with Crippen LogP contribution in [0.25, 0.3) is 0 Å². The van der Waals surface area contributed by atoms with Crippen molar-refractivity contribution in [3.8, 4) is 0 Å². The van der Waals surface area contributed by atoms with Crippen molar-refractivity contribution in [2.75, 3.05) is 32.8 Å². The third-order valence-electron chi connectivity index (χ3n) is 7.92. The summed E-state index contributed by atoms with van der Waals surface area (Å²) >= 11 is 0. The van der Waals surface area contributed by atoms with Gasteiger partial charge in [0.1, 0.15) is 37.3 Å². The van der Waals surface area contributed by atoms with Crippen LogP contribution >= 0.6 is 0 Å². The standard InChI is InChI=1S/C33H46N4O10/c1-22-18-37(30(40)34-29(22)39)28-17-26(45-23(2)38)27(46-28)21-44-32(42)43-16-15-35(19-24-11-7-6-8-12-24)20-25-13-9-10-14-36(25)31(41)47-33(3,4)5/h6-8,11-12,18,25-28H,9-10,13-17,19-21H2,1-5H3,(H,34,39,40). The number of hydrogen-bond donors (Lipinski definition) is 1. The first-order valence-corrected chi connectivity index (χ1v) is 16.0. The Morgan fingerprint density at radius 1 is 1.09 bits per heavy atom. The minimum atomic E-state index is -0.927. The normalized spacial score (nSPS) is 21.4. The van der Waals surface area contributed by atoms with Gasteiger partial charge in [-0.1, -0.05) is 30.3 Å². The van der Waals surface area contributed by atoms with Crippen molar-refractivity contribution in [3.63, 3.8) is 0 Å². The van der Waals surface area contributed by atoms with Crippen molar-refractivity contribution < 1.29 is 38.1 Å². The summed E-state index contributed by atoms with van der Waals surface area (Å²) in [5, 5.41) is 0. The van der Waals surface area contributed by atoms with E-state index in [0.29, 0.717) is 31.7 Å². The molecule has 14 nitrogen and oxygen atoms in total. The summed E-state index contributed by atoms with van der Waals surface area (Å²) in [7, 11) is 0. The Labute approximate surface area is 273 Å². The summed E-state index contributed by atoms with van der Waals surface area (Å²) < 4.78 is 28.9. The van der Waals surface area contributed by atoms with Crippen LogP contribution in [0.15, 0.2) is 46.1 Å². The number of nitrogens with zero attached hydrogens (tertiary/aromatic N) is 3. The van der Waals surface area contributed by atoms with Crippen molar-refractivity contribution in [1.82, 2.24) is 19.4 Å². The number of rotatable bonds is 11. The summed E-state index contributed by atoms with van der Waals surface area (Å²) in [6, 6.07) is 9.85. The summed E-state index contributed by atoms with van der Waals surface area (Å²) in [5.74, 6) is -0.557. The minimum Gasteiger partial charge on any atom is -0.459 e. The van der Waals surface area contributed by atoms with Gasteiger partial charge in [0.25, 0.3) is 5.56 Å². The van der Waals surface area contributed by atoms with E-state index in [1.54, 1.807) is 11.8 Å². The van der Waals surface area contributed by atoms with E-state index in [4.69, 9.17) is 23.7 Å². The SMILES string of the molecule is CC(=O)OC1CC(n2cc(C)c(=O)[nH]c2=O)OC1COC(=O)OCCN(Cc1ccccc1)CC1CCCCN1C(=O)OC(C)(C)C. The molecule has 2 aliphatic heterocycles. The molecule has 3 heterocycles. The minimum absolute atomic E-state index is 0.0262. The molecular formula is C33H46N4O10. The fourth-order valence-corrected chi connectivity index (χ4v) is 5.73. The topological polar surface area (TPSA) is 159 Å². The summed E-state index contributed by atoms with van der Waals surface area (Å²) in [5.41, 5.74) is -0.391. The number of aryl methyl sites for hydroxylation is 1. The molecule has 0 bridgehead atoms. The van der Waals surface area contributed by atoms with Crippen molar-refractivity contribution in [3.05, 3.63) is 68.5 Å². The number of benzene rings is 1. The first-order valence-electron chi connectivity index (χ1n) is 16.0. The van der Waals surface area contributed by atoms with Crippen LogP contribution in [0.4, 0.5) is 9.59 Å². The molecule has 1 amide bonds. The number of piperidine rings is 1. The lowest BCUT2D eigenvalue weighted by molar-refractivity contribution is -0.150. The van der Waals surface area contributed by atoms with E-state index in [1.165, 1.54) is 17.7 Å². The van der Waals surface area contributed by atoms with E-state index in [2.05, 4.69) is 9.88 Å². The highest BCUT2D eigenvalue weighted by Gasteiger charge is 2.40. The Morgan fingerprint density at radius 2 is 1.83 bits per heavy atom. The first-order chi connectivity index (χ1) is 22.3. The smallest absolute Gasteiger partial charge is 0.459 e. The number of amides is 1. The zero-order valence-electron chi connectivity index (χ0n) is 27.8. The molecule has 1 aromatic carbocycles. The van der Waals surface area contributed by atoms with Gasteiger partial charge in [-0.3, -0.25) is 24.0 Å². The number of aromatic nitrogens is 2. The van der Waals surface area contributed by atoms with Crippen LogP contribution in [0, 0.1) is 6.92 Å². The van der Waals surface area contributed by atoms with Crippen LogP contribution < -0.4 is 11.2 Å². The van der Waals surface area contributed by atoms with Gasteiger partial charge in [-0.05, 0) is 52.5 Å². The van der Waals surface area contributed by atoms with E-state index >= 15 is 0 Å². The summed E-state index contributed by atoms with van der Waals surface area (Å²) in [6.45, 7) is 10.3. The Bertz CT molecular complexity index is 1480. The van der Waals surface area contributed by atoms with Crippen LogP contribution in [0.1, 0.15) is 70.7 Å². The monoisotopic (exact) mass is 658 g/mol. The van der Waals surface area contributed by atoms with Gasteiger partial charge in [0.15, 0.2) is 0 Å². The van der Waals surface area contributed by atoms with Gasteiger partial charge < -0.3 is 28.6 Å². The second-order valence-electron chi connectivity index (χ2n) is 12.9. The average molecular weight is 659 g/mol. The Kier molecular flexibility index (Phi) is 12.2. The molecular weight excluding hydrogens is 612 g/mol. The molecule has 2 aliphatic rings. The molecule has 4 atom stereocenters. The van der Waals surface area contributed by atoms with E-state index in [1.807, 2.05) is 51.1 Å². The van der Waals surface area contributed by atoms with Crippen LogP contribution in [0.3, 0.4) is 0 Å². The number of carbonyl (C=O) groups is 3. The fraction of sp³-hybridized carbons (Fsp3) is 0.606. The predicted molar refractivity (Wildman–Crippen MR) is 170 cm³/mol. The zero-order valence-corrected chi connectivity index (χ0v) is 27.8. The van der Waals surface area contributed by atoms with Crippen LogP contribution in [0.5, 0.6) is 0 Å². The van der Waals surface area contributed by atoms with Crippen molar-refractivity contribution in [2.24, 2.45) is 0 Å². The second kappa shape index (κ2) is 16.1. The van der Waals surface area contributed by atoms with Crippen molar-refractivity contribution in [2.45, 2.75) is 96.9 Å². The predicted octanol–water partition coefficient (Wildman–Crippen LogP) is 3.51. The van der Waals surface area contributed by atoms with Crippen LogP contribution in [-0.2, 0) is 35.0 Å². The molecule has 258 valence electrons. The summed E-state index contributed by atoms with van der Waals surface area (Å²) in [6.07, 6.45) is 0.468. The molecule has 2 fully saturated rings. The number of esters is 1. The lowest BCUT2D eigenvalue weighted by atomic mass is 10.0. The van der Waals surface area contributed by atoms with Crippen molar-refractivity contribution >= 4 is 18.2 Å². The zero-order chi connectivity index (χ0) is 34.1. The lowest BCUT2D eigenvalue weighted by Gasteiger charge is -2.39. The number of carbonyl (C=O) groups excluding carboxylic acids is 3. The number of ether oxygens (including phenoxy) is 5. The molecule has 47 heavy (non-hydrogen) atoms.